The topological polar surface area (TPSA) is 946 Å². The molecule has 0 aromatic carbocycles. The molecule has 61 heteroatoms. The van der Waals surface area contributed by atoms with Gasteiger partial charge in [-0.3, -0.25) is 24.0 Å². The van der Waals surface area contributed by atoms with Gasteiger partial charge in [0.2, 0.25) is 29.5 Å². The molecular formula is C76H127N5O56. The summed E-state index contributed by atoms with van der Waals surface area (Å²) in [6, 6.07) is -9.87. The fourth-order valence-electron chi connectivity index (χ4n) is 17.8. The Morgan fingerprint density at radius 2 is 0.416 bits per heavy atom. The zero-order valence-corrected chi connectivity index (χ0v) is 73.6. The molecule has 55 atom stereocenters. The van der Waals surface area contributed by atoms with Crippen LogP contribution in [-0.2, 0) is 123 Å². The number of hydrogen-bond acceptors (Lipinski definition) is 56. The summed E-state index contributed by atoms with van der Waals surface area (Å²) < 4.78 is 126. The van der Waals surface area contributed by atoms with Gasteiger partial charge in [0.15, 0.2) is 69.2 Å². The van der Waals surface area contributed by atoms with Crippen molar-refractivity contribution >= 4 is 29.5 Å². The van der Waals surface area contributed by atoms with E-state index in [-0.39, 0.29) is 0 Å². The van der Waals surface area contributed by atoms with Crippen molar-refractivity contribution in [2.24, 2.45) is 0 Å². The normalized spacial score (nSPS) is 48.9. The van der Waals surface area contributed by atoms with Crippen LogP contribution in [-0.4, -0.2) is 593 Å². The van der Waals surface area contributed by atoms with E-state index in [0.717, 1.165) is 34.6 Å². The predicted molar refractivity (Wildman–Crippen MR) is 420 cm³/mol. The molecule has 35 N–H and O–H groups in total. The number of rotatable bonds is 36. The van der Waals surface area contributed by atoms with Gasteiger partial charge in [-0.15, -0.1) is 0 Å². The van der Waals surface area contributed by atoms with Crippen LogP contribution in [0.25, 0.3) is 0 Å². The Hall–Kier alpha value is -4.69. The number of carbonyl (C=O) groups is 5. The lowest BCUT2D eigenvalue weighted by Gasteiger charge is -2.52. The predicted octanol–water partition coefficient (Wildman–Crippen LogP) is -24.3. The maximum absolute atomic E-state index is 13.4. The minimum atomic E-state index is -2.71. The summed E-state index contributed by atoms with van der Waals surface area (Å²) in [6.45, 7) is -8.44. The second kappa shape index (κ2) is 49.5. The summed E-state index contributed by atoms with van der Waals surface area (Å²) in [4.78, 5) is 65.3. The Balaban J connectivity index is 0.983. The number of aliphatic hydroxyl groups is 30. The van der Waals surface area contributed by atoms with Crippen molar-refractivity contribution in [3.05, 3.63) is 0 Å². The van der Waals surface area contributed by atoms with Gasteiger partial charge in [0.1, 0.15) is 268 Å². The second-order valence-corrected chi connectivity index (χ2v) is 34.5. The quantitative estimate of drug-likeness (QED) is 0.0277. The minimum absolute atomic E-state index is 0.829. The van der Waals surface area contributed by atoms with Gasteiger partial charge >= 0.3 is 0 Å². The van der Waals surface area contributed by atoms with Crippen molar-refractivity contribution in [1.82, 2.24) is 26.6 Å². The van der Waals surface area contributed by atoms with E-state index in [1.54, 1.807) is 0 Å². The van der Waals surface area contributed by atoms with E-state index in [1.807, 2.05) is 0 Å². The lowest BCUT2D eigenvalue weighted by molar-refractivity contribution is -0.401. The van der Waals surface area contributed by atoms with Gasteiger partial charge in [-0.05, 0) is 0 Å². The molecule has 11 aliphatic rings. The maximum atomic E-state index is 13.4. The standard InChI is InChI=1S/C76H127N5O56/c1-17(92)77-33-44(103)57(27(11-87)118-66(33)116)129-67-34(78-18(2)93)46(105)60(30(14-90)124-67)133-74-56(115)63(135-76-64(51(110)41(100)25(9-85)123-76)136-70-37(81-21(5)96)62(42(101)26(10-86)119-70)134-73-54(113)50(109)40(99)24(8-84)122-73)43(102)32(128-74)16-117-75-65(137-69-36(80-20(4)95)47(106)59(29(13-89)126-69)132-72-53(112)49(108)39(98)23(7-83)121-72)55(114)61(31(15-91)127-75)130-68-35(79-19(3)94)45(104)58(28(12-88)125-68)131-71-52(111)48(107)38(97)22(6-82)120-71/h22-76,82-91,97-116H,6-16H2,1-5H3,(H,77,92)(H,78,93)(H,79,94)(H,80,95)(H,81,96)/t22-,23-,24-,25-,26-,27-,28-,29-,30-,31-,32-,33-,34-,35-,36-,37-,38+,39+,40+,41-,42-,43-,44-,45-,46-,47-,48+,49+,50+,51+,52-,53-,54-,55+,56+,57-,58-,59-,60-,61-,62-,63+,64+,65+,66?,67+,68+,69+,70+,71+,72+,73+,74+,75+,76-/m1/s1. The average Bonchev–Trinajstić information content (AvgIpc) is 0.773. The summed E-state index contributed by atoms with van der Waals surface area (Å²) in [5, 5.41) is 350. The number of hydrogen-bond donors (Lipinski definition) is 35. The molecule has 0 bridgehead atoms. The maximum Gasteiger partial charge on any atom is 0.217 e. The van der Waals surface area contributed by atoms with Crippen LogP contribution >= 0.6 is 0 Å². The molecular weight excluding hydrogens is 1880 g/mol. The lowest BCUT2D eigenvalue weighted by atomic mass is 9.93. The van der Waals surface area contributed by atoms with Gasteiger partial charge in [-0.2, -0.15) is 0 Å². The van der Waals surface area contributed by atoms with Gasteiger partial charge in [-0.25, -0.2) is 0 Å². The molecule has 11 heterocycles. The molecule has 137 heavy (non-hydrogen) atoms. The van der Waals surface area contributed by atoms with Gasteiger partial charge in [-0.1, -0.05) is 0 Å². The monoisotopic (exact) mass is 2010 g/mol. The van der Waals surface area contributed by atoms with E-state index >= 15 is 0 Å². The second-order valence-electron chi connectivity index (χ2n) is 34.5. The number of aliphatic hydroxyl groups excluding tert-OH is 30. The lowest BCUT2D eigenvalue weighted by Crippen LogP contribution is -2.71. The van der Waals surface area contributed by atoms with Crippen molar-refractivity contribution in [3.8, 4) is 0 Å². The molecule has 11 aliphatic heterocycles. The molecule has 61 nitrogen and oxygen atoms in total. The molecule has 0 aliphatic carbocycles. The van der Waals surface area contributed by atoms with Crippen LogP contribution in [0.1, 0.15) is 34.6 Å². The first-order chi connectivity index (χ1) is 64.9. The first kappa shape index (κ1) is 113. The molecule has 1 unspecified atom stereocenters. The van der Waals surface area contributed by atoms with Gasteiger partial charge in [0.25, 0.3) is 0 Å². The molecule has 0 radical (unpaired) electrons. The van der Waals surface area contributed by atoms with Crippen molar-refractivity contribution in [3.63, 3.8) is 0 Å². The van der Waals surface area contributed by atoms with E-state index in [4.69, 9.17) is 99.5 Å². The van der Waals surface area contributed by atoms with E-state index in [2.05, 4.69) is 26.6 Å². The molecule has 11 fully saturated rings. The third-order valence-corrected chi connectivity index (χ3v) is 25.0. The van der Waals surface area contributed by atoms with Crippen LogP contribution in [0.3, 0.4) is 0 Å². The van der Waals surface area contributed by atoms with Crippen LogP contribution < -0.4 is 26.6 Å². The Morgan fingerprint density at radius 1 is 0.190 bits per heavy atom. The van der Waals surface area contributed by atoms with Gasteiger partial charge in [0.05, 0.1) is 72.7 Å². The summed E-state index contributed by atoms with van der Waals surface area (Å²) in [6.07, 6.45) is -109. The SMILES string of the molecule is CC(=O)N[C@H]1[C@H](O[C@H]2[C@H](O)[C@@H](NC(C)=O)C(O)O[C@@H]2CO)O[C@H](CO)[C@@H](O[C@@H]2O[C@H](CO[C@H]3O[C@H](CO)[C@@H](O[C@@H]4O[C@H](CO)[C@@H](O[C@@H]5O[C@H](CO)[C@H](O)[C@H](O)[C@H]5O)[C@H](O)[C@H]4NC(C)=O)[C@H](O)[C@@H]3O[C@@H]3O[C@H](CO)[C@@H](O[C@@H]4O[C@H](CO)[C@H](O)[C@H](O)[C@H]4O)[C@H](O)[C@H]3NC(C)=O)[C@@H](O)[C@H](O[C@H]3O[C@H](CO)[C@@H](O)[C@H](O)[C@@H]3O[C@@H]3O[C@H](CO)[C@@H](O)[C@H](O[C@@H]4O[C@H](CO)[C@H](O)[C@H](O)[C@H]4O)[C@H]3NC(C)=O)[C@@H]2O)[C@@H]1O. The molecule has 0 aromatic rings. The number of carbonyl (C=O) groups excluding carboxylic acids is 5. The van der Waals surface area contributed by atoms with E-state index in [0.29, 0.717) is 0 Å². The third-order valence-electron chi connectivity index (χ3n) is 25.0. The first-order valence-electron chi connectivity index (χ1n) is 43.7. The fourth-order valence-corrected chi connectivity index (χ4v) is 17.8. The number of nitrogens with one attached hydrogen (secondary N) is 5. The summed E-state index contributed by atoms with van der Waals surface area (Å²) in [7, 11) is 0. The molecule has 0 aromatic heterocycles. The number of amides is 5. The molecule has 11 saturated heterocycles. The highest BCUT2D eigenvalue weighted by Crippen LogP contribution is 2.42. The first-order valence-corrected chi connectivity index (χ1v) is 43.7. The van der Waals surface area contributed by atoms with Crippen molar-refractivity contribution in [1.29, 1.82) is 0 Å². The Kier molecular flexibility index (Phi) is 40.7. The van der Waals surface area contributed by atoms with Crippen LogP contribution in [0.2, 0.25) is 0 Å². The Labute approximate surface area is 775 Å². The zero-order chi connectivity index (χ0) is 101. The van der Waals surface area contributed by atoms with E-state index in [9.17, 15) is 177 Å². The summed E-state index contributed by atoms with van der Waals surface area (Å²) in [5.74, 6) is -4.89. The van der Waals surface area contributed by atoms with Crippen LogP contribution in [0, 0.1) is 0 Å². The summed E-state index contributed by atoms with van der Waals surface area (Å²) in [5.41, 5.74) is 0. The molecule has 792 valence electrons. The fraction of sp³-hybridized carbons (Fsp3) is 0.934. The van der Waals surface area contributed by atoms with E-state index in [1.165, 1.54) is 0 Å². The Morgan fingerprint density at radius 3 is 0.774 bits per heavy atom. The molecule has 0 spiro atoms. The number of ether oxygens (including phenoxy) is 21. The van der Waals surface area contributed by atoms with Gasteiger partial charge < -0.3 is 279 Å². The van der Waals surface area contributed by atoms with Crippen LogP contribution in [0.15, 0.2) is 0 Å². The molecule has 11 rings (SSSR count). The van der Waals surface area contributed by atoms with E-state index < -0.39 is 440 Å². The van der Waals surface area contributed by atoms with Crippen molar-refractivity contribution < 1.29 is 277 Å². The highest BCUT2D eigenvalue weighted by Gasteiger charge is 2.63. The van der Waals surface area contributed by atoms with Crippen molar-refractivity contribution in [2.45, 2.75) is 372 Å². The highest BCUT2D eigenvalue weighted by molar-refractivity contribution is 5.75. The third kappa shape index (κ3) is 25.0. The average molecular weight is 2010 g/mol. The Bertz CT molecular complexity index is 3780. The molecule has 5 amide bonds. The largest absolute Gasteiger partial charge is 0.394 e. The smallest absolute Gasteiger partial charge is 0.217 e. The van der Waals surface area contributed by atoms with Crippen LogP contribution in [0.4, 0.5) is 0 Å². The molecule has 0 saturated carbocycles. The highest BCUT2D eigenvalue weighted by atomic mass is 16.8. The van der Waals surface area contributed by atoms with Crippen LogP contribution in [0.5, 0.6) is 0 Å². The van der Waals surface area contributed by atoms with Crippen molar-refractivity contribution in [2.75, 3.05) is 72.7 Å². The zero-order valence-electron chi connectivity index (χ0n) is 73.6. The van der Waals surface area contributed by atoms with Gasteiger partial charge in [0, 0.05) is 34.6 Å². The summed E-state index contributed by atoms with van der Waals surface area (Å²) >= 11 is 0. The minimum Gasteiger partial charge on any atom is -0.394 e.